The normalized spacial score (nSPS) is 20.2. The molecule has 0 N–H and O–H groups in total. The van der Waals surface area contributed by atoms with Gasteiger partial charge in [-0.1, -0.05) is 49.4 Å². The number of carbonyl (C=O) groups is 1. The van der Waals surface area contributed by atoms with Gasteiger partial charge in [-0.25, -0.2) is 8.42 Å². The standard InChI is InChI=1S/C22H32Cl2N2O3S.ClH/c1-2-16-30(28,29)26-14-12-25(13-15-26)22(9-4-3-5-10-22)11-8-21(27)19-17-18(23)6-7-20(19)24;/h6-7,17H,2-5,8-16H2,1H3;1H. The van der Waals surface area contributed by atoms with Gasteiger partial charge in [-0.2, -0.15) is 4.31 Å². The lowest BCUT2D eigenvalue weighted by Crippen LogP contribution is -2.58. The molecule has 1 aromatic carbocycles. The summed E-state index contributed by atoms with van der Waals surface area (Å²) in [7, 11) is -3.15. The van der Waals surface area contributed by atoms with Crippen molar-refractivity contribution in [2.75, 3.05) is 31.9 Å². The third-order valence-electron chi connectivity index (χ3n) is 6.60. The topological polar surface area (TPSA) is 57.7 Å². The Labute approximate surface area is 202 Å². The number of halogens is 3. The third kappa shape index (κ3) is 6.58. The highest BCUT2D eigenvalue weighted by Gasteiger charge is 2.40. The van der Waals surface area contributed by atoms with Crippen LogP contribution in [0.3, 0.4) is 0 Å². The van der Waals surface area contributed by atoms with Crippen molar-refractivity contribution in [2.45, 2.75) is 63.8 Å². The van der Waals surface area contributed by atoms with Crippen LogP contribution in [0.25, 0.3) is 0 Å². The summed E-state index contributed by atoms with van der Waals surface area (Å²) in [5.74, 6) is 0.240. The van der Waals surface area contributed by atoms with E-state index < -0.39 is 10.0 Å². The van der Waals surface area contributed by atoms with Gasteiger partial charge in [-0.15, -0.1) is 12.4 Å². The molecule has 1 aliphatic heterocycles. The minimum absolute atomic E-state index is 0. The number of sulfonamides is 1. The molecule has 9 heteroatoms. The minimum atomic E-state index is -3.15. The predicted octanol–water partition coefficient (Wildman–Crippen LogP) is 5.44. The Morgan fingerprint density at radius 2 is 1.71 bits per heavy atom. The number of nitrogens with zero attached hydrogens (tertiary/aromatic N) is 2. The molecule has 1 aromatic rings. The Balaban J connectivity index is 0.00000341. The Morgan fingerprint density at radius 3 is 2.32 bits per heavy atom. The highest BCUT2D eigenvalue weighted by atomic mass is 35.5. The molecular formula is C22H33Cl3N2O3S. The second kappa shape index (κ2) is 11.7. The molecule has 2 fully saturated rings. The smallest absolute Gasteiger partial charge is 0.214 e. The summed E-state index contributed by atoms with van der Waals surface area (Å²) in [6.45, 7) is 4.44. The van der Waals surface area contributed by atoms with Crippen LogP contribution in [0, 0.1) is 0 Å². The fourth-order valence-corrected chi connectivity index (χ4v) is 6.84. The lowest BCUT2D eigenvalue weighted by atomic mass is 9.76. The van der Waals surface area contributed by atoms with Crippen molar-refractivity contribution in [3.05, 3.63) is 33.8 Å². The summed E-state index contributed by atoms with van der Waals surface area (Å²) in [6.07, 6.45) is 7.49. The zero-order valence-electron chi connectivity index (χ0n) is 18.1. The zero-order valence-corrected chi connectivity index (χ0v) is 21.3. The molecule has 176 valence electrons. The molecule has 0 spiro atoms. The third-order valence-corrected chi connectivity index (χ3v) is 9.24. The average molecular weight is 512 g/mol. The van der Waals surface area contributed by atoms with Crippen LogP contribution in [0.4, 0.5) is 0 Å². The molecule has 0 radical (unpaired) electrons. The highest BCUT2D eigenvalue weighted by Crippen LogP contribution is 2.39. The van der Waals surface area contributed by atoms with Crippen molar-refractivity contribution in [1.82, 2.24) is 9.21 Å². The van der Waals surface area contributed by atoms with E-state index >= 15 is 0 Å². The first kappa shape index (κ1) is 26.9. The van der Waals surface area contributed by atoms with E-state index in [2.05, 4.69) is 4.90 Å². The van der Waals surface area contributed by atoms with Gasteiger partial charge in [0.15, 0.2) is 5.78 Å². The molecule has 3 rings (SSSR count). The molecule has 2 aliphatic rings. The number of hydrogen-bond acceptors (Lipinski definition) is 4. The first-order valence-electron chi connectivity index (χ1n) is 11.0. The maximum absolute atomic E-state index is 12.9. The Morgan fingerprint density at radius 1 is 1.06 bits per heavy atom. The molecule has 0 atom stereocenters. The number of ketones is 1. The molecule has 1 saturated heterocycles. The van der Waals surface area contributed by atoms with E-state index in [1.807, 2.05) is 6.92 Å². The van der Waals surface area contributed by atoms with Gasteiger partial charge in [-0.3, -0.25) is 9.69 Å². The van der Waals surface area contributed by atoms with Gasteiger partial charge < -0.3 is 0 Å². The van der Waals surface area contributed by atoms with Gasteiger partial charge in [0, 0.05) is 48.7 Å². The van der Waals surface area contributed by atoms with Gasteiger partial charge in [0.2, 0.25) is 10.0 Å². The molecule has 1 aliphatic carbocycles. The maximum Gasteiger partial charge on any atom is 0.214 e. The fourth-order valence-electron chi connectivity index (χ4n) is 4.95. The fraction of sp³-hybridized carbons (Fsp3) is 0.682. The van der Waals surface area contributed by atoms with E-state index in [9.17, 15) is 13.2 Å². The lowest BCUT2D eigenvalue weighted by molar-refractivity contribution is 0.0165. The minimum Gasteiger partial charge on any atom is -0.295 e. The average Bonchev–Trinajstić information content (AvgIpc) is 2.74. The molecule has 1 saturated carbocycles. The van der Waals surface area contributed by atoms with Crippen LogP contribution in [-0.4, -0.2) is 60.9 Å². The molecule has 5 nitrogen and oxygen atoms in total. The van der Waals surface area contributed by atoms with E-state index in [-0.39, 0.29) is 29.5 Å². The van der Waals surface area contributed by atoms with Crippen LogP contribution in [-0.2, 0) is 10.0 Å². The van der Waals surface area contributed by atoms with Gasteiger partial charge in [0.1, 0.15) is 0 Å². The van der Waals surface area contributed by atoms with E-state index in [4.69, 9.17) is 23.2 Å². The molecule has 0 amide bonds. The second-order valence-electron chi connectivity index (χ2n) is 8.53. The van der Waals surface area contributed by atoms with Crippen LogP contribution in [0.15, 0.2) is 18.2 Å². The quantitative estimate of drug-likeness (QED) is 0.436. The predicted molar refractivity (Wildman–Crippen MR) is 130 cm³/mol. The summed E-state index contributed by atoms with van der Waals surface area (Å²) in [5.41, 5.74) is 0.463. The van der Waals surface area contributed by atoms with E-state index in [1.54, 1.807) is 22.5 Å². The zero-order chi connectivity index (χ0) is 21.8. The summed E-state index contributed by atoms with van der Waals surface area (Å²) in [6, 6.07) is 5.01. The summed E-state index contributed by atoms with van der Waals surface area (Å²) in [5, 5.41) is 0.955. The van der Waals surface area contributed by atoms with Crippen LogP contribution in [0.5, 0.6) is 0 Å². The molecule has 0 aromatic heterocycles. The summed E-state index contributed by atoms with van der Waals surface area (Å²) < 4.78 is 26.5. The van der Waals surface area contributed by atoms with Gasteiger partial charge in [-0.05, 0) is 43.9 Å². The second-order valence-corrected chi connectivity index (χ2v) is 11.5. The van der Waals surface area contributed by atoms with E-state index in [1.165, 1.54) is 6.42 Å². The van der Waals surface area contributed by atoms with E-state index in [0.717, 1.165) is 45.2 Å². The molecular weight excluding hydrogens is 479 g/mol. The van der Waals surface area contributed by atoms with Crippen molar-refractivity contribution in [1.29, 1.82) is 0 Å². The van der Waals surface area contributed by atoms with Crippen LogP contribution in [0.1, 0.15) is 68.6 Å². The van der Waals surface area contributed by atoms with Gasteiger partial charge in [0.05, 0.1) is 10.8 Å². The molecule has 31 heavy (non-hydrogen) atoms. The van der Waals surface area contributed by atoms with Crippen molar-refractivity contribution in [3.8, 4) is 0 Å². The number of Topliss-reactive ketones (excluding diaryl/α,β-unsaturated/α-hetero) is 1. The van der Waals surface area contributed by atoms with Crippen molar-refractivity contribution in [2.24, 2.45) is 0 Å². The summed E-state index contributed by atoms with van der Waals surface area (Å²) in [4.78, 5) is 15.3. The number of rotatable bonds is 8. The molecule has 1 heterocycles. The summed E-state index contributed by atoms with van der Waals surface area (Å²) >= 11 is 12.3. The largest absolute Gasteiger partial charge is 0.295 e. The van der Waals surface area contributed by atoms with Crippen LogP contribution >= 0.6 is 35.6 Å². The number of carbonyl (C=O) groups excluding carboxylic acids is 1. The van der Waals surface area contributed by atoms with Crippen molar-refractivity contribution in [3.63, 3.8) is 0 Å². The Bertz CT molecular complexity index is 850. The SMILES string of the molecule is CCCS(=O)(=O)N1CCN(C2(CCC(=O)c3cc(Cl)ccc3Cl)CCCCC2)CC1.Cl. The molecule has 0 bridgehead atoms. The number of hydrogen-bond donors (Lipinski definition) is 0. The monoisotopic (exact) mass is 510 g/mol. The lowest BCUT2D eigenvalue weighted by Gasteiger charge is -2.50. The molecule has 0 unspecified atom stereocenters. The number of piperazine rings is 1. The van der Waals surface area contributed by atoms with Crippen molar-refractivity contribution >= 4 is 51.4 Å². The maximum atomic E-state index is 12.9. The first-order valence-corrected chi connectivity index (χ1v) is 13.3. The van der Waals surface area contributed by atoms with E-state index in [0.29, 0.717) is 41.5 Å². The van der Waals surface area contributed by atoms with Crippen molar-refractivity contribution < 1.29 is 13.2 Å². The Kier molecular flexibility index (Phi) is 10.1. The van der Waals surface area contributed by atoms with Crippen LogP contribution < -0.4 is 0 Å². The van der Waals surface area contributed by atoms with Crippen LogP contribution in [0.2, 0.25) is 10.0 Å². The Hall–Kier alpha value is -0.370. The van der Waals surface area contributed by atoms with Gasteiger partial charge in [0.25, 0.3) is 0 Å². The first-order chi connectivity index (χ1) is 14.3. The number of benzene rings is 1. The highest BCUT2D eigenvalue weighted by molar-refractivity contribution is 7.89. The van der Waals surface area contributed by atoms with Gasteiger partial charge >= 0.3 is 0 Å².